The molecule has 1 rings (SSSR count). The molecule has 0 amide bonds. The van der Waals surface area contributed by atoms with Gasteiger partial charge >= 0.3 is 0 Å². The van der Waals surface area contributed by atoms with Crippen LogP contribution >= 0.6 is 0 Å². The minimum absolute atomic E-state index is 0.0274. The number of methoxy groups -OCH3 is 1. The normalized spacial score (nSPS) is 15.2. The first-order valence-corrected chi connectivity index (χ1v) is 6.37. The molecule has 108 valence electrons. The van der Waals surface area contributed by atoms with Crippen LogP contribution in [-0.4, -0.2) is 12.2 Å². The number of benzene rings is 1. The van der Waals surface area contributed by atoms with E-state index in [1.807, 2.05) is 27.7 Å². The average Bonchev–Trinajstić information content (AvgIpc) is 2.26. The Kier molecular flexibility index (Phi) is 4.91. The summed E-state index contributed by atoms with van der Waals surface area (Å²) < 4.78 is 32.4. The summed E-state index contributed by atoms with van der Waals surface area (Å²) in [6.07, 6.45) is -0.843. The zero-order chi connectivity index (χ0) is 14.8. The summed E-state index contributed by atoms with van der Waals surface area (Å²) in [4.78, 5) is 0. The van der Waals surface area contributed by atoms with Gasteiger partial charge in [-0.25, -0.2) is 8.78 Å². The van der Waals surface area contributed by atoms with Gasteiger partial charge in [0.15, 0.2) is 0 Å². The van der Waals surface area contributed by atoms with Crippen molar-refractivity contribution >= 4 is 0 Å². The zero-order valence-corrected chi connectivity index (χ0v) is 12.1. The maximum atomic E-state index is 13.8. The molecular weight excluding hydrogens is 250 g/mol. The third kappa shape index (κ3) is 3.90. The molecule has 2 atom stereocenters. The Labute approximate surface area is 113 Å². The second-order valence-electron chi connectivity index (χ2n) is 6.02. The van der Waals surface area contributed by atoms with Crippen molar-refractivity contribution in [2.45, 2.75) is 40.2 Å². The van der Waals surface area contributed by atoms with Crippen LogP contribution in [-0.2, 0) is 0 Å². The molecule has 19 heavy (non-hydrogen) atoms. The molecule has 0 spiro atoms. The van der Waals surface area contributed by atoms with Crippen molar-refractivity contribution in [3.8, 4) is 5.75 Å². The molecule has 0 saturated heterocycles. The van der Waals surface area contributed by atoms with Crippen LogP contribution in [0.2, 0.25) is 0 Å². The fraction of sp³-hybridized carbons (Fsp3) is 0.600. The van der Waals surface area contributed by atoms with Crippen LogP contribution in [0.25, 0.3) is 0 Å². The molecule has 1 aromatic rings. The van der Waals surface area contributed by atoms with E-state index in [9.17, 15) is 13.9 Å². The van der Waals surface area contributed by atoms with Gasteiger partial charge in [-0.2, -0.15) is 0 Å². The molecule has 2 unspecified atom stereocenters. The van der Waals surface area contributed by atoms with Gasteiger partial charge in [-0.3, -0.25) is 0 Å². The topological polar surface area (TPSA) is 29.5 Å². The predicted molar refractivity (Wildman–Crippen MR) is 71.1 cm³/mol. The summed E-state index contributed by atoms with van der Waals surface area (Å²) in [5.41, 5.74) is -0.308. The molecule has 0 heterocycles. The van der Waals surface area contributed by atoms with Crippen molar-refractivity contribution in [2.24, 2.45) is 11.3 Å². The van der Waals surface area contributed by atoms with E-state index in [0.29, 0.717) is 6.42 Å². The fourth-order valence-electron chi connectivity index (χ4n) is 1.80. The summed E-state index contributed by atoms with van der Waals surface area (Å²) in [7, 11) is 1.34. The lowest BCUT2D eigenvalue weighted by Crippen LogP contribution is -2.20. The summed E-state index contributed by atoms with van der Waals surface area (Å²) in [6.45, 7) is 8.06. The van der Waals surface area contributed by atoms with Gasteiger partial charge < -0.3 is 9.84 Å². The molecule has 1 aromatic carbocycles. The zero-order valence-electron chi connectivity index (χ0n) is 12.1. The summed E-state index contributed by atoms with van der Waals surface area (Å²) in [6, 6.07) is 2.17. The number of aliphatic hydroxyl groups is 1. The Morgan fingerprint density at radius 3 is 2.05 bits per heavy atom. The molecule has 0 radical (unpaired) electrons. The van der Waals surface area contributed by atoms with Crippen molar-refractivity contribution in [1.29, 1.82) is 0 Å². The van der Waals surface area contributed by atoms with E-state index in [-0.39, 0.29) is 22.6 Å². The van der Waals surface area contributed by atoms with E-state index in [2.05, 4.69) is 0 Å². The number of aliphatic hydroxyl groups excluding tert-OH is 1. The molecule has 0 aliphatic rings. The van der Waals surface area contributed by atoms with Gasteiger partial charge in [0, 0.05) is 12.1 Å². The highest BCUT2D eigenvalue weighted by atomic mass is 19.1. The Morgan fingerprint density at radius 2 is 1.68 bits per heavy atom. The molecule has 2 nitrogen and oxygen atoms in total. The quantitative estimate of drug-likeness (QED) is 0.895. The van der Waals surface area contributed by atoms with Crippen LogP contribution in [0.4, 0.5) is 8.78 Å². The Hall–Kier alpha value is -1.16. The number of halogens is 2. The third-order valence-corrected chi connectivity index (χ3v) is 3.68. The molecule has 0 aromatic heterocycles. The summed E-state index contributed by atoms with van der Waals surface area (Å²) >= 11 is 0. The lowest BCUT2D eigenvalue weighted by atomic mass is 9.78. The molecule has 1 N–H and O–H groups in total. The Morgan fingerprint density at radius 1 is 1.21 bits per heavy atom. The first kappa shape index (κ1) is 15.9. The highest BCUT2D eigenvalue weighted by Crippen LogP contribution is 2.35. The van der Waals surface area contributed by atoms with Gasteiger partial charge in [-0.15, -0.1) is 0 Å². The van der Waals surface area contributed by atoms with Gasteiger partial charge in [0.25, 0.3) is 0 Å². The van der Waals surface area contributed by atoms with Gasteiger partial charge in [0.1, 0.15) is 17.4 Å². The summed E-state index contributed by atoms with van der Waals surface area (Å²) in [5, 5.41) is 10.1. The highest BCUT2D eigenvalue weighted by Gasteiger charge is 2.26. The first-order chi connectivity index (χ1) is 8.66. The molecule has 0 saturated carbocycles. The Balaban J connectivity index is 2.97. The van der Waals surface area contributed by atoms with Crippen LogP contribution in [0.5, 0.6) is 5.75 Å². The van der Waals surface area contributed by atoms with Gasteiger partial charge in [-0.1, -0.05) is 27.7 Å². The van der Waals surface area contributed by atoms with E-state index >= 15 is 0 Å². The van der Waals surface area contributed by atoms with E-state index in [0.717, 1.165) is 12.1 Å². The van der Waals surface area contributed by atoms with Crippen molar-refractivity contribution < 1.29 is 18.6 Å². The van der Waals surface area contributed by atoms with E-state index in [4.69, 9.17) is 4.74 Å². The van der Waals surface area contributed by atoms with Crippen molar-refractivity contribution in [2.75, 3.05) is 7.11 Å². The van der Waals surface area contributed by atoms with Crippen molar-refractivity contribution in [3.63, 3.8) is 0 Å². The monoisotopic (exact) mass is 272 g/mol. The van der Waals surface area contributed by atoms with Gasteiger partial charge in [0.2, 0.25) is 0 Å². The maximum absolute atomic E-state index is 13.8. The number of hydrogen-bond acceptors (Lipinski definition) is 2. The number of rotatable bonds is 4. The second kappa shape index (κ2) is 5.87. The summed E-state index contributed by atoms with van der Waals surface area (Å²) in [5.74, 6) is -1.31. The standard InChI is InChI=1S/C15H22F2O2/c1-9(15(2,3)4)6-13(18)14-11(16)7-10(19-5)8-12(14)17/h7-9,13,18H,6H2,1-5H3. The number of hydrogen-bond donors (Lipinski definition) is 1. The van der Waals surface area contributed by atoms with Crippen molar-refractivity contribution in [1.82, 2.24) is 0 Å². The average molecular weight is 272 g/mol. The molecule has 4 heteroatoms. The molecule has 0 aliphatic heterocycles. The Bertz CT molecular complexity index is 415. The van der Waals surface area contributed by atoms with Crippen molar-refractivity contribution in [3.05, 3.63) is 29.3 Å². The van der Waals surface area contributed by atoms with Crippen LogP contribution < -0.4 is 4.74 Å². The maximum Gasteiger partial charge on any atom is 0.135 e. The van der Waals surface area contributed by atoms with E-state index < -0.39 is 17.7 Å². The molecular formula is C15H22F2O2. The van der Waals surface area contributed by atoms with Crippen LogP contribution in [0.1, 0.15) is 45.8 Å². The molecule has 0 aliphatic carbocycles. The first-order valence-electron chi connectivity index (χ1n) is 6.37. The van der Waals surface area contributed by atoms with E-state index in [1.54, 1.807) is 0 Å². The molecule has 0 fully saturated rings. The van der Waals surface area contributed by atoms with Gasteiger partial charge in [-0.05, 0) is 17.8 Å². The van der Waals surface area contributed by atoms with Gasteiger partial charge in [0.05, 0.1) is 18.8 Å². The van der Waals surface area contributed by atoms with E-state index in [1.165, 1.54) is 7.11 Å². The largest absolute Gasteiger partial charge is 0.497 e. The smallest absolute Gasteiger partial charge is 0.135 e. The third-order valence-electron chi connectivity index (χ3n) is 3.68. The predicted octanol–water partition coefficient (Wildman–Crippen LogP) is 4.08. The molecule has 0 bridgehead atoms. The van der Waals surface area contributed by atoms with Crippen LogP contribution in [0.15, 0.2) is 12.1 Å². The highest BCUT2D eigenvalue weighted by molar-refractivity contribution is 5.31. The number of ether oxygens (including phenoxy) is 1. The minimum Gasteiger partial charge on any atom is -0.497 e. The lowest BCUT2D eigenvalue weighted by molar-refractivity contribution is 0.104. The van der Waals surface area contributed by atoms with Crippen LogP contribution in [0, 0.1) is 23.0 Å². The lowest BCUT2D eigenvalue weighted by Gasteiger charge is -2.29. The second-order valence-corrected chi connectivity index (χ2v) is 6.02. The minimum atomic E-state index is -1.15. The SMILES string of the molecule is COc1cc(F)c(C(O)CC(C)C(C)(C)C)c(F)c1. The fourth-order valence-corrected chi connectivity index (χ4v) is 1.80. The van der Waals surface area contributed by atoms with Crippen LogP contribution in [0.3, 0.4) is 0 Å².